The van der Waals surface area contributed by atoms with Crippen LogP contribution in [0.3, 0.4) is 0 Å². The largest absolute Gasteiger partial charge is 0.481 e. The van der Waals surface area contributed by atoms with Crippen LogP contribution in [-0.4, -0.2) is 88.3 Å². The van der Waals surface area contributed by atoms with Gasteiger partial charge in [-0.1, -0.05) is 30.3 Å². The van der Waals surface area contributed by atoms with Crippen LogP contribution in [0.15, 0.2) is 35.3 Å². The van der Waals surface area contributed by atoms with E-state index < -0.39 is 66.9 Å². The molecule has 4 unspecified atom stereocenters. The van der Waals surface area contributed by atoms with Gasteiger partial charge in [-0.2, -0.15) is 0 Å². The summed E-state index contributed by atoms with van der Waals surface area (Å²) < 4.78 is 0. The molecule has 1 aromatic carbocycles. The lowest BCUT2D eigenvalue weighted by atomic mass is 10.0. The second-order valence-corrected chi connectivity index (χ2v) is 8.05. The number of benzene rings is 1. The summed E-state index contributed by atoms with van der Waals surface area (Å²) in [5, 5.41) is 34.3. The number of aliphatic hydroxyl groups is 1. The molecule has 4 atom stereocenters. The molecule has 0 fully saturated rings. The highest BCUT2D eigenvalue weighted by Crippen LogP contribution is 2.07. The average molecular weight is 524 g/mol. The van der Waals surface area contributed by atoms with E-state index in [1.807, 2.05) is 0 Å². The maximum Gasteiger partial charge on any atom is 0.328 e. The fourth-order valence-electron chi connectivity index (χ4n) is 3.12. The number of aliphatic carboxylic acids is 2. The quantitative estimate of drug-likeness (QED) is 0.0585. The summed E-state index contributed by atoms with van der Waals surface area (Å²) in [5.41, 5.74) is 16.8. The highest BCUT2D eigenvalue weighted by atomic mass is 16.4. The summed E-state index contributed by atoms with van der Waals surface area (Å²) in [6.07, 6.45) is -0.484. The predicted octanol–water partition coefficient (Wildman–Crippen LogP) is -3.38. The molecule has 1 aromatic rings. The highest BCUT2D eigenvalue weighted by Gasteiger charge is 2.30. The lowest BCUT2D eigenvalue weighted by Gasteiger charge is -2.25. The van der Waals surface area contributed by atoms with E-state index in [0.29, 0.717) is 5.56 Å². The van der Waals surface area contributed by atoms with Gasteiger partial charge in [0.15, 0.2) is 5.96 Å². The molecule has 37 heavy (non-hydrogen) atoms. The molecule has 0 aliphatic rings. The lowest BCUT2D eigenvalue weighted by molar-refractivity contribution is -0.143. The van der Waals surface area contributed by atoms with Gasteiger partial charge in [0.2, 0.25) is 17.7 Å². The van der Waals surface area contributed by atoms with Crippen molar-refractivity contribution in [3.05, 3.63) is 35.9 Å². The van der Waals surface area contributed by atoms with Crippen LogP contribution >= 0.6 is 0 Å². The predicted molar refractivity (Wildman–Crippen MR) is 131 cm³/mol. The Hall–Kier alpha value is -4.24. The molecule has 15 heteroatoms. The Kier molecular flexibility index (Phi) is 13.1. The van der Waals surface area contributed by atoms with E-state index in [4.69, 9.17) is 27.4 Å². The minimum atomic E-state index is -1.60. The first-order chi connectivity index (χ1) is 17.4. The second-order valence-electron chi connectivity index (χ2n) is 8.05. The van der Waals surface area contributed by atoms with Gasteiger partial charge < -0.3 is 48.5 Å². The third-order valence-electron chi connectivity index (χ3n) is 5.02. The number of rotatable bonds is 16. The van der Waals surface area contributed by atoms with E-state index in [-0.39, 0.29) is 31.8 Å². The molecule has 15 nitrogen and oxygen atoms in total. The van der Waals surface area contributed by atoms with E-state index in [1.54, 1.807) is 30.3 Å². The normalized spacial score (nSPS) is 13.8. The Labute approximate surface area is 212 Å². The maximum absolute atomic E-state index is 13.1. The summed E-state index contributed by atoms with van der Waals surface area (Å²) in [6.45, 7) is -0.758. The molecule has 0 saturated carbocycles. The Morgan fingerprint density at radius 2 is 1.43 bits per heavy atom. The number of amides is 3. The van der Waals surface area contributed by atoms with Crippen LogP contribution in [0.2, 0.25) is 0 Å². The third-order valence-corrected chi connectivity index (χ3v) is 5.02. The number of nitrogens with one attached hydrogen (secondary N) is 3. The zero-order chi connectivity index (χ0) is 28.0. The summed E-state index contributed by atoms with van der Waals surface area (Å²) >= 11 is 0. The number of nitrogens with two attached hydrogens (primary N) is 3. The Bertz CT molecular complexity index is 969. The van der Waals surface area contributed by atoms with Crippen molar-refractivity contribution in [3.63, 3.8) is 0 Å². The summed E-state index contributed by atoms with van der Waals surface area (Å²) in [6, 6.07) is 2.95. The van der Waals surface area contributed by atoms with Crippen LogP contribution in [0.1, 0.15) is 24.8 Å². The molecule has 0 radical (unpaired) electrons. The number of guanidine groups is 1. The number of carbonyl (C=O) groups is 5. The van der Waals surface area contributed by atoms with Crippen LogP contribution in [0.5, 0.6) is 0 Å². The maximum atomic E-state index is 13.1. The van der Waals surface area contributed by atoms with Crippen LogP contribution < -0.4 is 33.2 Å². The van der Waals surface area contributed by atoms with Gasteiger partial charge >= 0.3 is 11.9 Å². The first-order valence-corrected chi connectivity index (χ1v) is 11.3. The topological polar surface area (TPSA) is 273 Å². The molecular formula is C22H33N7O8. The van der Waals surface area contributed by atoms with Crippen LogP contribution in [0.4, 0.5) is 0 Å². The Morgan fingerprint density at radius 3 is 1.97 bits per heavy atom. The van der Waals surface area contributed by atoms with Gasteiger partial charge in [-0.15, -0.1) is 0 Å². The third kappa shape index (κ3) is 11.8. The van der Waals surface area contributed by atoms with Crippen molar-refractivity contribution in [1.29, 1.82) is 0 Å². The molecule has 0 aromatic heterocycles. The number of carboxylic acid groups (broad SMARTS) is 2. The minimum Gasteiger partial charge on any atom is -0.481 e. The van der Waals surface area contributed by atoms with E-state index in [0.717, 1.165) is 0 Å². The van der Waals surface area contributed by atoms with Crippen molar-refractivity contribution in [2.24, 2.45) is 22.2 Å². The van der Waals surface area contributed by atoms with E-state index in [9.17, 15) is 29.1 Å². The van der Waals surface area contributed by atoms with E-state index in [1.165, 1.54) is 0 Å². The van der Waals surface area contributed by atoms with Crippen LogP contribution in [0.25, 0.3) is 0 Å². The Balaban J connectivity index is 3.11. The van der Waals surface area contributed by atoms with Crippen molar-refractivity contribution in [1.82, 2.24) is 16.0 Å². The first-order valence-electron chi connectivity index (χ1n) is 11.3. The number of carbonyl (C=O) groups excluding carboxylic acids is 3. The SMILES string of the molecule is NC(N)=NCCCC(NC(=O)C(N)CC(=O)O)C(=O)NC(Cc1ccccc1)C(=O)NC(CO)C(=O)O. The van der Waals surface area contributed by atoms with Gasteiger partial charge in [0, 0.05) is 13.0 Å². The number of hydrogen-bond acceptors (Lipinski definition) is 8. The molecule has 12 N–H and O–H groups in total. The molecule has 0 spiro atoms. The smallest absolute Gasteiger partial charge is 0.328 e. The average Bonchev–Trinajstić information content (AvgIpc) is 2.83. The minimum absolute atomic E-state index is 0.00219. The molecular weight excluding hydrogens is 490 g/mol. The molecule has 0 aliphatic carbocycles. The van der Waals surface area contributed by atoms with Crippen LogP contribution in [0, 0.1) is 0 Å². The van der Waals surface area contributed by atoms with Gasteiger partial charge in [-0.3, -0.25) is 24.2 Å². The van der Waals surface area contributed by atoms with Gasteiger partial charge in [0.25, 0.3) is 0 Å². The van der Waals surface area contributed by atoms with Gasteiger partial charge in [-0.05, 0) is 18.4 Å². The van der Waals surface area contributed by atoms with Crippen molar-refractivity contribution >= 4 is 35.6 Å². The lowest BCUT2D eigenvalue weighted by Crippen LogP contribution is -2.58. The van der Waals surface area contributed by atoms with E-state index in [2.05, 4.69) is 20.9 Å². The first kappa shape index (κ1) is 30.8. The van der Waals surface area contributed by atoms with Gasteiger partial charge in [0.1, 0.15) is 18.1 Å². The monoisotopic (exact) mass is 523 g/mol. The van der Waals surface area contributed by atoms with Gasteiger partial charge in [0.05, 0.1) is 19.1 Å². The van der Waals surface area contributed by atoms with E-state index >= 15 is 0 Å². The number of hydrogen-bond donors (Lipinski definition) is 9. The molecule has 3 amide bonds. The Morgan fingerprint density at radius 1 is 0.865 bits per heavy atom. The molecule has 0 heterocycles. The standard InChI is InChI=1S/C22H33N7O8/c23-13(10-17(31)32)18(33)27-14(7-4-8-26-22(24)25)19(34)28-15(9-12-5-2-1-3-6-12)20(35)29-16(11-30)21(36)37/h1-3,5-6,13-16,30H,4,7-11,23H2,(H,27,33)(H,28,34)(H,29,35)(H,31,32)(H,36,37)(H4,24,25,26). The number of aliphatic hydroxyl groups excluding tert-OH is 1. The summed E-state index contributed by atoms with van der Waals surface area (Å²) in [7, 11) is 0. The number of aliphatic imine (C=N–C) groups is 1. The fourth-order valence-corrected chi connectivity index (χ4v) is 3.12. The van der Waals surface area contributed by atoms with Crippen molar-refractivity contribution in [2.75, 3.05) is 13.2 Å². The zero-order valence-corrected chi connectivity index (χ0v) is 20.0. The molecule has 0 aliphatic heterocycles. The highest BCUT2D eigenvalue weighted by molar-refractivity contribution is 5.94. The number of nitrogens with zero attached hydrogens (tertiary/aromatic N) is 1. The molecule has 1 rings (SSSR count). The molecule has 0 bridgehead atoms. The molecule has 0 saturated heterocycles. The summed E-state index contributed by atoms with van der Waals surface area (Å²) in [5.74, 6) is -5.56. The molecule has 204 valence electrons. The fraction of sp³-hybridized carbons (Fsp3) is 0.455. The summed E-state index contributed by atoms with van der Waals surface area (Å²) in [4.78, 5) is 64.3. The number of carboxylic acids is 2. The van der Waals surface area contributed by atoms with Crippen molar-refractivity contribution < 1.29 is 39.3 Å². The second kappa shape index (κ2) is 15.7. The van der Waals surface area contributed by atoms with Crippen LogP contribution in [-0.2, 0) is 30.4 Å². The van der Waals surface area contributed by atoms with Crippen molar-refractivity contribution in [3.8, 4) is 0 Å². The van der Waals surface area contributed by atoms with Crippen molar-refractivity contribution in [2.45, 2.75) is 49.9 Å². The van der Waals surface area contributed by atoms with Gasteiger partial charge in [-0.25, -0.2) is 4.79 Å². The zero-order valence-electron chi connectivity index (χ0n) is 20.0.